The molecule has 3 rings (SSSR count). The molecule has 1 saturated heterocycles. The van der Waals surface area contributed by atoms with Crippen LogP contribution in [0.3, 0.4) is 0 Å². The Labute approximate surface area is 126 Å². The second-order valence-electron chi connectivity index (χ2n) is 5.18. The van der Waals surface area contributed by atoms with E-state index < -0.39 is 6.10 Å². The van der Waals surface area contributed by atoms with Gasteiger partial charge in [-0.1, -0.05) is 35.9 Å². The third-order valence-corrected chi connectivity index (χ3v) is 4.70. The fraction of sp³-hybridized carbons (Fsp3) is 0.429. The first-order valence-corrected chi connectivity index (χ1v) is 7.75. The highest BCUT2D eigenvalue weighted by molar-refractivity contribution is 7.22. The van der Waals surface area contributed by atoms with Gasteiger partial charge >= 0.3 is 0 Å². The molecule has 3 unspecified atom stereocenters. The summed E-state index contributed by atoms with van der Waals surface area (Å²) in [5, 5.41) is 4.00. The Bertz CT molecular complexity index is 658. The van der Waals surface area contributed by atoms with Crippen molar-refractivity contribution in [3.8, 4) is 0 Å². The summed E-state index contributed by atoms with van der Waals surface area (Å²) in [5.74, 6) is 0.0972. The smallest absolute Gasteiger partial charge is 0.255 e. The van der Waals surface area contributed by atoms with Crippen LogP contribution in [0.2, 0.25) is 5.02 Å². The number of aromatic nitrogens is 1. The molecule has 106 valence electrons. The minimum atomic E-state index is -0.396. The minimum Gasteiger partial charge on any atom is -0.365 e. The van der Waals surface area contributed by atoms with Gasteiger partial charge in [0.15, 0.2) is 5.13 Å². The maximum Gasteiger partial charge on any atom is 0.255 e. The predicted octanol–water partition coefficient (Wildman–Crippen LogP) is 3.70. The molecule has 0 saturated carbocycles. The molecule has 4 nitrogen and oxygen atoms in total. The van der Waals surface area contributed by atoms with E-state index in [-0.39, 0.29) is 17.9 Å². The van der Waals surface area contributed by atoms with Crippen LogP contribution in [0.15, 0.2) is 18.2 Å². The first-order valence-electron chi connectivity index (χ1n) is 6.56. The van der Waals surface area contributed by atoms with Gasteiger partial charge in [0.1, 0.15) is 11.6 Å². The van der Waals surface area contributed by atoms with Gasteiger partial charge in [0.05, 0.1) is 15.8 Å². The molecule has 0 bridgehead atoms. The number of benzene rings is 1. The number of fused-ring (bicyclic) bond motifs is 1. The number of nitrogens with one attached hydrogen (secondary N) is 1. The Morgan fingerprint density at radius 2 is 2.30 bits per heavy atom. The molecular weight excluding hydrogens is 296 g/mol. The normalized spacial score (nSPS) is 26.1. The third kappa shape index (κ3) is 2.53. The van der Waals surface area contributed by atoms with E-state index >= 15 is 0 Å². The van der Waals surface area contributed by atoms with Crippen molar-refractivity contribution in [3.05, 3.63) is 23.2 Å². The van der Waals surface area contributed by atoms with Gasteiger partial charge in [-0.15, -0.1) is 0 Å². The quantitative estimate of drug-likeness (QED) is 0.920. The molecule has 1 aliphatic heterocycles. The van der Waals surface area contributed by atoms with Gasteiger partial charge in [0.2, 0.25) is 0 Å². The Morgan fingerprint density at radius 1 is 1.50 bits per heavy atom. The molecule has 2 aromatic rings. The van der Waals surface area contributed by atoms with Crippen molar-refractivity contribution in [1.29, 1.82) is 0 Å². The Kier molecular flexibility index (Phi) is 3.67. The number of hydrogen-bond acceptors (Lipinski definition) is 4. The molecule has 1 N–H and O–H groups in total. The highest BCUT2D eigenvalue weighted by Crippen LogP contribution is 2.32. The van der Waals surface area contributed by atoms with Gasteiger partial charge in [0, 0.05) is 0 Å². The number of thiazole rings is 1. The summed E-state index contributed by atoms with van der Waals surface area (Å²) in [6.07, 6.45) is 0.641. The number of anilines is 1. The lowest BCUT2D eigenvalue weighted by Crippen LogP contribution is -2.31. The van der Waals surface area contributed by atoms with E-state index in [1.165, 1.54) is 11.3 Å². The summed E-state index contributed by atoms with van der Waals surface area (Å²) in [4.78, 5) is 16.6. The van der Waals surface area contributed by atoms with E-state index in [1.54, 1.807) is 6.07 Å². The first kappa shape index (κ1) is 13.8. The zero-order valence-corrected chi connectivity index (χ0v) is 12.8. The van der Waals surface area contributed by atoms with Gasteiger partial charge in [-0.25, -0.2) is 4.98 Å². The lowest BCUT2D eigenvalue weighted by Gasteiger charge is -2.13. The SMILES string of the molecule is CC1CC(C)C(C(=O)Nc2nc3c(Cl)cccc3s2)O1. The van der Waals surface area contributed by atoms with E-state index in [1.807, 2.05) is 26.0 Å². The zero-order valence-electron chi connectivity index (χ0n) is 11.2. The summed E-state index contributed by atoms with van der Waals surface area (Å²) in [6.45, 7) is 4.02. The molecule has 1 fully saturated rings. The summed E-state index contributed by atoms with van der Waals surface area (Å²) in [5.41, 5.74) is 0.725. The fourth-order valence-electron chi connectivity index (χ4n) is 2.55. The second kappa shape index (κ2) is 5.31. The van der Waals surface area contributed by atoms with Crippen LogP contribution in [-0.4, -0.2) is 23.1 Å². The monoisotopic (exact) mass is 310 g/mol. The van der Waals surface area contributed by atoms with Crippen LogP contribution in [-0.2, 0) is 9.53 Å². The average Bonchev–Trinajstić information content (AvgIpc) is 2.93. The fourth-order valence-corrected chi connectivity index (χ4v) is 3.72. The highest BCUT2D eigenvalue weighted by Gasteiger charge is 2.35. The number of amides is 1. The maximum atomic E-state index is 12.2. The number of nitrogens with zero attached hydrogens (tertiary/aromatic N) is 1. The van der Waals surface area contributed by atoms with Gasteiger partial charge in [-0.3, -0.25) is 10.1 Å². The summed E-state index contributed by atoms with van der Waals surface area (Å²) < 4.78 is 6.60. The van der Waals surface area contributed by atoms with Crippen molar-refractivity contribution >= 4 is 44.2 Å². The van der Waals surface area contributed by atoms with Crippen LogP contribution < -0.4 is 5.32 Å². The number of ether oxygens (including phenoxy) is 1. The number of carbonyl (C=O) groups excluding carboxylic acids is 1. The van der Waals surface area contributed by atoms with Crippen LogP contribution in [0.1, 0.15) is 20.3 Å². The molecule has 1 aliphatic rings. The van der Waals surface area contributed by atoms with Crippen LogP contribution in [0, 0.1) is 5.92 Å². The van der Waals surface area contributed by atoms with E-state index in [4.69, 9.17) is 16.3 Å². The van der Waals surface area contributed by atoms with Gasteiger partial charge in [-0.05, 0) is 31.4 Å². The Morgan fingerprint density at radius 3 is 2.95 bits per heavy atom. The van der Waals surface area contributed by atoms with Gasteiger partial charge in [0.25, 0.3) is 5.91 Å². The van der Waals surface area contributed by atoms with E-state index in [0.717, 1.165) is 16.6 Å². The maximum absolute atomic E-state index is 12.2. The van der Waals surface area contributed by atoms with Crippen LogP contribution in [0.4, 0.5) is 5.13 Å². The second-order valence-corrected chi connectivity index (χ2v) is 6.61. The number of para-hydroxylation sites is 1. The lowest BCUT2D eigenvalue weighted by molar-refractivity contribution is -0.127. The molecule has 0 radical (unpaired) electrons. The number of carbonyl (C=O) groups is 1. The Hall–Kier alpha value is -1.17. The van der Waals surface area contributed by atoms with Crippen molar-refractivity contribution in [2.45, 2.75) is 32.5 Å². The summed E-state index contributed by atoms with van der Waals surface area (Å²) >= 11 is 7.50. The molecular formula is C14H15ClN2O2S. The molecule has 1 aromatic carbocycles. The molecule has 3 atom stereocenters. The standard InChI is InChI=1S/C14H15ClN2O2S/c1-7-6-8(2)19-12(7)13(18)17-14-16-11-9(15)4-3-5-10(11)20-14/h3-5,7-8,12H,6H2,1-2H3,(H,16,17,18). The number of hydrogen-bond donors (Lipinski definition) is 1. The van der Waals surface area contributed by atoms with Crippen molar-refractivity contribution in [2.24, 2.45) is 5.92 Å². The molecule has 0 aliphatic carbocycles. The van der Waals surface area contributed by atoms with Crippen LogP contribution in [0.5, 0.6) is 0 Å². The predicted molar refractivity (Wildman–Crippen MR) is 81.4 cm³/mol. The molecule has 1 aromatic heterocycles. The van der Waals surface area contributed by atoms with Crippen molar-refractivity contribution in [3.63, 3.8) is 0 Å². The molecule has 20 heavy (non-hydrogen) atoms. The number of halogens is 1. The minimum absolute atomic E-state index is 0.128. The molecule has 0 spiro atoms. The molecule has 2 heterocycles. The van der Waals surface area contributed by atoms with Gasteiger partial charge < -0.3 is 4.74 Å². The summed E-state index contributed by atoms with van der Waals surface area (Å²) in [7, 11) is 0. The van der Waals surface area contributed by atoms with Crippen LogP contribution >= 0.6 is 22.9 Å². The topological polar surface area (TPSA) is 51.2 Å². The van der Waals surface area contributed by atoms with Gasteiger partial charge in [-0.2, -0.15) is 0 Å². The van der Waals surface area contributed by atoms with Crippen molar-refractivity contribution in [1.82, 2.24) is 4.98 Å². The first-order chi connectivity index (χ1) is 9.54. The lowest BCUT2D eigenvalue weighted by atomic mass is 10.0. The largest absolute Gasteiger partial charge is 0.365 e. The molecule has 6 heteroatoms. The number of rotatable bonds is 2. The molecule has 1 amide bonds. The van der Waals surface area contributed by atoms with Crippen molar-refractivity contribution < 1.29 is 9.53 Å². The van der Waals surface area contributed by atoms with E-state index in [0.29, 0.717) is 10.2 Å². The average molecular weight is 311 g/mol. The van der Waals surface area contributed by atoms with E-state index in [9.17, 15) is 4.79 Å². The third-order valence-electron chi connectivity index (χ3n) is 3.46. The van der Waals surface area contributed by atoms with Crippen molar-refractivity contribution in [2.75, 3.05) is 5.32 Å². The summed E-state index contributed by atoms with van der Waals surface area (Å²) in [6, 6.07) is 5.60. The Balaban J connectivity index is 1.79. The zero-order chi connectivity index (χ0) is 14.3. The highest BCUT2D eigenvalue weighted by atomic mass is 35.5. The van der Waals surface area contributed by atoms with Crippen LogP contribution in [0.25, 0.3) is 10.2 Å². The van der Waals surface area contributed by atoms with E-state index in [2.05, 4.69) is 10.3 Å².